The van der Waals surface area contributed by atoms with Gasteiger partial charge in [0.1, 0.15) is 0 Å². The molecule has 1 rings (SSSR count). The molecule has 0 aromatic heterocycles. The molecule has 0 bridgehead atoms. The molecule has 3 nitrogen and oxygen atoms in total. The number of hydrogen-bond acceptors (Lipinski definition) is 2. The summed E-state index contributed by atoms with van der Waals surface area (Å²) >= 11 is 11.9. The lowest BCUT2D eigenvalue weighted by molar-refractivity contribution is 0.395. The maximum absolute atomic E-state index is 12.9. The highest BCUT2D eigenvalue weighted by Crippen LogP contribution is 2.30. The first-order valence-electron chi connectivity index (χ1n) is 7.30. The largest absolute Gasteiger partial charge is 0.243 e. The molecule has 0 radical (unpaired) electrons. The van der Waals surface area contributed by atoms with E-state index in [4.69, 9.17) is 23.2 Å². The van der Waals surface area contributed by atoms with Crippen LogP contribution in [0.4, 0.5) is 0 Å². The van der Waals surface area contributed by atoms with E-state index in [-0.39, 0.29) is 9.92 Å². The van der Waals surface area contributed by atoms with Crippen LogP contribution in [0.5, 0.6) is 0 Å². The molecule has 0 amide bonds. The van der Waals surface area contributed by atoms with Crippen molar-refractivity contribution in [3.8, 4) is 0 Å². The number of benzene rings is 1. The minimum atomic E-state index is -3.53. The molecule has 0 atom stereocenters. The molecule has 0 aliphatic rings. The van der Waals surface area contributed by atoms with E-state index in [1.165, 1.54) is 6.07 Å². The first-order chi connectivity index (χ1) is 9.84. The van der Waals surface area contributed by atoms with Gasteiger partial charge in [0.15, 0.2) is 0 Å². The topological polar surface area (TPSA) is 37.4 Å². The molecule has 0 saturated carbocycles. The van der Waals surface area contributed by atoms with Crippen LogP contribution in [-0.2, 0) is 10.0 Å². The van der Waals surface area contributed by atoms with E-state index in [1.807, 2.05) is 0 Å². The van der Waals surface area contributed by atoms with Crippen LogP contribution >= 0.6 is 23.2 Å². The van der Waals surface area contributed by atoms with E-state index in [0.29, 0.717) is 23.7 Å². The maximum atomic E-state index is 12.9. The lowest BCUT2D eigenvalue weighted by Crippen LogP contribution is -2.33. The molecule has 0 heterocycles. The van der Waals surface area contributed by atoms with Crippen LogP contribution in [0.1, 0.15) is 45.1 Å². The molecule has 1 aromatic carbocycles. The van der Waals surface area contributed by atoms with Crippen molar-refractivity contribution in [3.05, 3.63) is 27.7 Å². The van der Waals surface area contributed by atoms with Gasteiger partial charge in [0.25, 0.3) is 0 Å². The summed E-state index contributed by atoms with van der Waals surface area (Å²) in [7, 11) is -3.53. The van der Waals surface area contributed by atoms with Crippen LogP contribution in [0.15, 0.2) is 17.0 Å². The minimum Gasteiger partial charge on any atom is -0.207 e. The van der Waals surface area contributed by atoms with Gasteiger partial charge in [-0.05, 0) is 37.5 Å². The molecule has 21 heavy (non-hydrogen) atoms. The zero-order chi connectivity index (χ0) is 16.0. The van der Waals surface area contributed by atoms with Gasteiger partial charge in [0.2, 0.25) is 10.0 Å². The Morgan fingerprint density at radius 1 is 1.00 bits per heavy atom. The van der Waals surface area contributed by atoms with Gasteiger partial charge in [-0.2, -0.15) is 4.31 Å². The fourth-order valence-corrected chi connectivity index (χ4v) is 4.26. The lowest BCUT2D eigenvalue weighted by Gasteiger charge is -2.23. The van der Waals surface area contributed by atoms with Crippen molar-refractivity contribution in [2.24, 2.45) is 0 Å². The second-order valence-electron chi connectivity index (χ2n) is 5.14. The predicted octanol–water partition coefficient (Wildman–Crippen LogP) is 4.89. The van der Waals surface area contributed by atoms with Gasteiger partial charge in [-0.15, -0.1) is 0 Å². The average Bonchev–Trinajstić information content (AvgIpc) is 2.42. The maximum Gasteiger partial charge on any atom is 0.243 e. The normalized spacial score (nSPS) is 12.1. The highest BCUT2D eigenvalue weighted by Gasteiger charge is 2.26. The molecule has 120 valence electrons. The number of halogens is 2. The quantitative estimate of drug-likeness (QED) is 0.668. The second kappa shape index (κ2) is 8.37. The van der Waals surface area contributed by atoms with Crippen LogP contribution in [0, 0.1) is 6.92 Å². The van der Waals surface area contributed by atoms with Crippen LogP contribution < -0.4 is 0 Å². The van der Waals surface area contributed by atoms with Crippen molar-refractivity contribution in [3.63, 3.8) is 0 Å². The average molecular weight is 352 g/mol. The third-order valence-corrected chi connectivity index (χ3v) is 6.12. The van der Waals surface area contributed by atoms with Crippen molar-refractivity contribution in [2.75, 3.05) is 13.1 Å². The molecule has 0 unspecified atom stereocenters. The van der Waals surface area contributed by atoms with Crippen LogP contribution in [-0.4, -0.2) is 25.8 Å². The summed E-state index contributed by atoms with van der Waals surface area (Å²) in [5.41, 5.74) is 0.627. The van der Waals surface area contributed by atoms with Gasteiger partial charge in [-0.1, -0.05) is 49.9 Å². The van der Waals surface area contributed by atoms with E-state index in [1.54, 1.807) is 17.3 Å². The first kappa shape index (κ1) is 18.8. The fourth-order valence-electron chi connectivity index (χ4n) is 2.07. The highest BCUT2D eigenvalue weighted by molar-refractivity contribution is 7.89. The third kappa shape index (κ3) is 4.85. The molecule has 0 fully saturated rings. The number of aryl methyl sites for hydroxylation is 1. The Hall–Kier alpha value is -0.290. The number of rotatable bonds is 8. The molecular weight excluding hydrogens is 329 g/mol. The van der Waals surface area contributed by atoms with Gasteiger partial charge in [0, 0.05) is 13.1 Å². The molecule has 6 heteroatoms. The summed E-state index contributed by atoms with van der Waals surface area (Å²) in [6, 6.07) is 3.06. The van der Waals surface area contributed by atoms with Crippen molar-refractivity contribution in [1.29, 1.82) is 0 Å². The third-order valence-electron chi connectivity index (χ3n) is 3.36. The molecule has 0 aliphatic carbocycles. The summed E-state index contributed by atoms with van der Waals surface area (Å²) in [5.74, 6) is 0. The summed E-state index contributed by atoms with van der Waals surface area (Å²) in [5, 5.41) is 0.647. The van der Waals surface area contributed by atoms with E-state index in [2.05, 4.69) is 13.8 Å². The molecule has 0 N–H and O–H groups in total. The van der Waals surface area contributed by atoms with Gasteiger partial charge in [-0.3, -0.25) is 0 Å². The monoisotopic (exact) mass is 351 g/mol. The van der Waals surface area contributed by atoms with Gasteiger partial charge < -0.3 is 0 Å². The number of hydrogen-bond donors (Lipinski definition) is 0. The highest BCUT2D eigenvalue weighted by atomic mass is 35.5. The van der Waals surface area contributed by atoms with Gasteiger partial charge in [-0.25, -0.2) is 8.42 Å². The summed E-state index contributed by atoms with van der Waals surface area (Å²) in [6.07, 6.45) is 3.61. The van der Waals surface area contributed by atoms with E-state index < -0.39 is 10.0 Å². The SMILES string of the molecule is CCCCN(CCCC)S(=O)(=O)c1cc(Cl)c(Cl)cc1C. The van der Waals surface area contributed by atoms with Crippen molar-refractivity contribution < 1.29 is 8.42 Å². The number of sulfonamides is 1. The predicted molar refractivity (Wildman–Crippen MR) is 89.8 cm³/mol. The fraction of sp³-hybridized carbons (Fsp3) is 0.600. The number of nitrogens with zero attached hydrogens (tertiary/aromatic N) is 1. The Morgan fingerprint density at radius 2 is 1.48 bits per heavy atom. The Bertz CT molecular complexity index is 565. The van der Waals surface area contributed by atoms with E-state index in [0.717, 1.165) is 25.7 Å². The summed E-state index contributed by atoms with van der Waals surface area (Å²) in [6.45, 7) is 6.92. The molecule has 1 aromatic rings. The van der Waals surface area contributed by atoms with E-state index in [9.17, 15) is 8.42 Å². The Balaban J connectivity index is 3.18. The van der Waals surface area contributed by atoms with Gasteiger partial charge >= 0.3 is 0 Å². The Labute approximate surface area is 138 Å². The Morgan fingerprint density at radius 3 is 1.95 bits per heavy atom. The minimum absolute atomic E-state index is 0.254. The molecule has 0 aliphatic heterocycles. The van der Waals surface area contributed by atoms with Crippen molar-refractivity contribution in [2.45, 2.75) is 51.3 Å². The van der Waals surface area contributed by atoms with Crippen molar-refractivity contribution >= 4 is 33.2 Å². The zero-order valence-electron chi connectivity index (χ0n) is 12.8. The van der Waals surface area contributed by atoms with Crippen LogP contribution in [0.2, 0.25) is 10.0 Å². The van der Waals surface area contributed by atoms with Crippen LogP contribution in [0.25, 0.3) is 0 Å². The molecule has 0 spiro atoms. The van der Waals surface area contributed by atoms with E-state index >= 15 is 0 Å². The summed E-state index contributed by atoms with van der Waals surface area (Å²) < 4.78 is 27.3. The van der Waals surface area contributed by atoms with Crippen LogP contribution in [0.3, 0.4) is 0 Å². The molecule has 0 saturated heterocycles. The first-order valence-corrected chi connectivity index (χ1v) is 9.50. The van der Waals surface area contributed by atoms with Gasteiger partial charge in [0.05, 0.1) is 14.9 Å². The second-order valence-corrected chi connectivity index (χ2v) is 7.86. The standard InChI is InChI=1S/C15H23Cl2NO2S/c1-4-6-8-18(9-7-5-2)21(19,20)15-11-14(17)13(16)10-12(15)3/h10-11H,4-9H2,1-3H3. The number of unbranched alkanes of at least 4 members (excludes halogenated alkanes) is 2. The Kier molecular flexibility index (Phi) is 7.48. The van der Waals surface area contributed by atoms with Crippen molar-refractivity contribution in [1.82, 2.24) is 4.31 Å². The molecular formula is C15H23Cl2NO2S. The summed E-state index contributed by atoms with van der Waals surface area (Å²) in [4.78, 5) is 0.254. The zero-order valence-corrected chi connectivity index (χ0v) is 15.2. The smallest absolute Gasteiger partial charge is 0.207 e. The lowest BCUT2D eigenvalue weighted by atomic mass is 10.2.